The van der Waals surface area contributed by atoms with Gasteiger partial charge in [-0.1, -0.05) is 0 Å². The zero-order chi connectivity index (χ0) is 11.1. The summed E-state index contributed by atoms with van der Waals surface area (Å²) in [5.41, 5.74) is 2.40. The predicted octanol–water partition coefficient (Wildman–Crippen LogP) is 2.34. The van der Waals surface area contributed by atoms with Crippen molar-refractivity contribution >= 4 is 15.9 Å². The van der Waals surface area contributed by atoms with Crippen molar-refractivity contribution in [1.29, 1.82) is 0 Å². The van der Waals surface area contributed by atoms with Gasteiger partial charge in [-0.25, -0.2) is 4.98 Å². The number of aromatic nitrogens is 2. The number of fused-ring (bicyclic) bond motifs is 1. The second-order valence-corrected chi connectivity index (χ2v) is 4.97. The van der Waals surface area contributed by atoms with Gasteiger partial charge >= 0.3 is 0 Å². The molecule has 4 nitrogen and oxygen atoms in total. The molecule has 3 rings (SSSR count). The highest BCUT2D eigenvalue weighted by Crippen LogP contribution is 2.35. The largest absolute Gasteiger partial charge is 0.453 e. The molecule has 0 radical (unpaired) electrons. The minimum Gasteiger partial charge on any atom is -0.453 e. The molecule has 1 N–H and O–H groups in total. The number of hydrogen-bond donors (Lipinski definition) is 1. The first kappa shape index (κ1) is 10.1. The normalized spacial score (nSPS) is 21.0. The lowest BCUT2D eigenvalue weighted by Crippen LogP contribution is -2.30. The Morgan fingerprint density at radius 1 is 1.62 bits per heavy atom. The molecule has 1 unspecified atom stereocenters. The van der Waals surface area contributed by atoms with Gasteiger partial charge in [0.15, 0.2) is 4.67 Å². The summed E-state index contributed by atoms with van der Waals surface area (Å²) in [7, 11) is 2.10. The van der Waals surface area contributed by atoms with E-state index in [0.29, 0.717) is 5.92 Å². The van der Waals surface area contributed by atoms with Crippen molar-refractivity contribution in [2.24, 2.45) is 0 Å². The predicted molar refractivity (Wildman–Crippen MR) is 63.2 cm³/mol. The van der Waals surface area contributed by atoms with Gasteiger partial charge < -0.3 is 9.40 Å². The molecular weight excluding hydrogens is 270 g/mol. The summed E-state index contributed by atoms with van der Waals surface area (Å²) in [6.07, 6.45) is 3.60. The van der Waals surface area contributed by atoms with Crippen LogP contribution >= 0.6 is 15.9 Å². The Balaban J connectivity index is 2.06. The number of furan rings is 1. The second-order valence-electron chi connectivity index (χ2n) is 4.19. The van der Waals surface area contributed by atoms with Crippen LogP contribution in [0.2, 0.25) is 0 Å². The second kappa shape index (κ2) is 3.75. The van der Waals surface area contributed by atoms with Crippen LogP contribution in [0, 0.1) is 0 Å². The van der Waals surface area contributed by atoms with Crippen LogP contribution < -0.4 is 0 Å². The molecule has 5 heteroatoms. The molecule has 1 atom stereocenters. The number of hydrogen-bond acceptors (Lipinski definition) is 3. The third-order valence-corrected chi connectivity index (χ3v) is 3.38. The lowest BCUT2D eigenvalue weighted by atomic mass is 9.93. The maximum Gasteiger partial charge on any atom is 0.169 e. The van der Waals surface area contributed by atoms with Gasteiger partial charge in [0.05, 0.1) is 12.9 Å². The molecule has 0 amide bonds. The van der Waals surface area contributed by atoms with Crippen LogP contribution in [0.4, 0.5) is 0 Å². The molecule has 3 heterocycles. The third-order valence-electron chi connectivity index (χ3n) is 2.99. The maximum atomic E-state index is 5.65. The quantitative estimate of drug-likeness (QED) is 0.873. The molecule has 0 bridgehead atoms. The van der Waals surface area contributed by atoms with Crippen molar-refractivity contribution in [2.75, 3.05) is 13.6 Å². The molecule has 0 spiro atoms. The summed E-state index contributed by atoms with van der Waals surface area (Å²) in [6.45, 7) is 1.85. The zero-order valence-corrected chi connectivity index (χ0v) is 10.5. The van der Waals surface area contributed by atoms with E-state index in [2.05, 4.69) is 43.9 Å². The molecule has 0 saturated heterocycles. The van der Waals surface area contributed by atoms with E-state index in [1.54, 1.807) is 6.33 Å². The summed E-state index contributed by atoms with van der Waals surface area (Å²) in [6, 6.07) is 2.06. The average molecular weight is 282 g/mol. The Bertz CT molecular complexity index is 491. The summed E-state index contributed by atoms with van der Waals surface area (Å²) >= 11 is 3.39. The van der Waals surface area contributed by atoms with Crippen LogP contribution in [0.5, 0.6) is 0 Å². The van der Waals surface area contributed by atoms with E-state index in [1.807, 2.05) is 6.20 Å². The minimum absolute atomic E-state index is 0.325. The van der Waals surface area contributed by atoms with Crippen molar-refractivity contribution in [1.82, 2.24) is 14.9 Å². The van der Waals surface area contributed by atoms with Crippen LogP contribution in [-0.2, 0) is 6.54 Å². The zero-order valence-electron chi connectivity index (χ0n) is 8.90. The molecule has 0 fully saturated rings. The van der Waals surface area contributed by atoms with Crippen LogP contribution in [0.25, 0.3) is 0 Å². The van der Waals surface area contributed by atoms with E-state index in [9.17, 15) is 0 Å². The number of H-pyrrole nitrogens is 1. The Kier molecular flexibility index (Phi) is 2.37. The van der Waals surface area contributed by atoms with Gasteiger partial charge in [0.1, 0.15) is 5.76 Å². The smallest absolute Gasteiger partial charge is 0.169 e. The van der Waals surface area contributed by atoms with Crippen molar-refractivity contribution < 1.29 is 4.42 Å². The monoisotopic (exact) mass is 281 g/mol. The van der Waals surface area contributed by atoms with Crippen LogP contribution in [0.15, 0.2) is 27.7 Å². The molecule has 0 aliphatic carbocycles. The summed E-state index contributed by atoms with van der Waals surface area (Å²) in [4.78, 5) is 9.52. The molecule has 1 aliphatic heterocycles. The first-order chi connectivity index (χ1) is 7.74. The molecule has 0 saturated carbocycles. The summed E-state index contributed by atoms with van der Waals surface area (Å²) in [5.74, 6) is 1.37. The number of halogens is 1. The van der Waals surface area contributed by atoms with Gasteiger partial charge in [0.25, 0.3) is 0 Å². The summed E-state index contributed by atoms with van der Waals surface area (Å²) in [5, 5.41) is 0. The number of imidazole rings is 1. The first-order valence-electron chi connectivity index (χ1n) is 5.19. The number of nitrogens with one attached hydrogen (secondary N) is 1. The van der Waals surface area contributed by atoms with E-state index in [0.717, 1.165) is 29.2 Å². The van der Waals surface area contributed by atoms with Gasteiger partial charge in [-0.05, 0) is 29.0 Å². The molecule has 0 aromatic carbocycles. The molecule has 1 aliphatic rings. The van der Waals surface area contributed by atoms with Gasteiger partial charge in [-0.15, -0.1) is 0 Å². The maximum absolute atomic E-state index is 5.65. The number of nitrogens with zero attached hydrogens (tertiary/aromatic N) is 2. The third kappa shape index (κ3) is 1.60. The highest BCUT2D eigenvalue weighted by atomic mass is 79.9. The van der Waals surface area contributed by atoms with E-state index in [4.69, 9.17) is 4.42 Å². The van der Waals surface area contributed by atoms with Gasteiger partial charge in [0.2, 0.25) is 0 Å². The van der Waals surface area contributed by atoms with E-state index in [-0.39, 0.29) is 0 Å². The lowest BCUT2D eigenvalue weighted by Gasteiger charge is -2.28. The fraction of sp³-hybridized carbons (Fsp3) is 0.364. The molecule has 2 aromatic heterocycles. The van der Waals surface area contributed by atoms with Crippen LogP contribution in [0.1, 0.15) is 22.9 Å². The fourth-order valence-electron chi connectivity index (χ4n) is 2.27. The highest BCUT2D eigenvalue weighted by Gasteiger charge is 2.28. The standard InChI is InChI=1S/C11H12BrN3O/c1-15-4-8(9-3-13-6-14-9)7-2-11(12)16-10(7)5-15/h2-3,6,8H,4-5H2,1H3,(H,13,14). The topological polar surface area (TPSA) is 45.1 Å². The van der Waals surface area contributed by atoms with E-state index < -0.39 is 0 Å². The van der Waals surface area contributed by atoms with Crippen molar-refractivity contribution in [3.05, 3.63) is 40.3 Å². The molecular formula is C11H12BrN3O. The van der Waals surface area contributed by atoms with Crippen LogP contribution in [-0.4, -0.2) is 28.5 Å². The Hall–Kier alpha value is -1.07. The molecule has 2 aromatic rings. The van der Waals surface area contributed by atoms with E-state index in [1.165, 1.54) is 5.56 Å². The van der Waals surface area contributed by atoms with E-state index >= 15 is 0 Å². The van der Waals surface area contributed by atoms with Crippen LogP contribution in [0.3, 0.4) is 0 Å². The number of rotatable bonds is 1. The number of likely N-dealkylation sites (N-methyl/N-ethyl adjacent to an activating group) is 1. The Labute approximate surface area is 102 Å². The van der Waals surface area contributed by atoms with Gasteiger partial charge in [0, 0.05) is 29.9 Å². The number of aromatic amines is 1. The average Bonchev–Trinajstić information content (AvgIpc) is 2.83. The lowest BCUT2D eigenvalue weighted by molar-refractivity contribution is 0.259. The molecule has 84 valence electrons. The first-order valence-corrected chi connectivity index (χ1v) is 5.98. The van der Waals surface area contributed by atoms with Gasteiger partial charge in [-0.3, -0.25) is 4.90 Å². The van der Waals surface area contributed by atoms with Gasteiger partial charge in [-0.2, -0.15) is 0 Å². The minimum atomic E-state index is 0.325. The molecule has 16 heavy (non-hydrogen) atoms. The fourth-order valence-corrected chi connectivity index (χ4v) is 2.71. The van der Waals surface area contributed by atoms with Crippen molar-refractivity contribution in [3.63, 3.8) is 0 Å². The SMILES string of the molecule is CN1Cc2oc(Br)cc2C(c2cnc[nH]2)C1. The Morgan fingerprint density at radius 2 is 2.50 bits per heavy atom. The van der Waals surface area contributed by atoms with Crippen molar-refractivity contribution in [3.8, 4) is 0 Å². The summed E-state index contributed by atoms with van der Waals surface area (Å²) < 4.78 is 6.45. The van der Waals surface area contributed by atoms with Crippen molar-refractivity contribution in [2.45, 2.75) is 12.5 Å². The highest BCUT2D eigenvalue weighted by molar-refractivity contribution is 9.10. The Morgan fingerprint density at radius 3 is 3.25 bits per heavy atom.